The number of carbonyl (C=O) groups is 15. The highest BCUT2D eigenvalue weighted by molar-refractivity contribution is 9.09. The zero-order valence-electron chi connectivity index (χ0n) is 74.1. The number of carbonyl (C=O) groups excluding carboxylic acids is 13. The maximum absolute atomic E-state index is 12.3. The number of carboxylic acids is 2. The Hall–Kier alpha value is -7.79. The summed E-state index contributed by atoms with van der Waals surface area (Å²) in [5.41, 5.74) is 3.37. The molecule has 0 bridgehead atoms. The molecular weight excluding hydrogens is 1630 g/mol. The minimum absolute atomic E-state index is 0.0130. The lowest BCUT2D eigenvalue weighted by atomic mass is 10.2. The number of unbranched alkanes of at least 4 members (excludes halogenated alkanes) is 4. The molecule has 0 atom stereocenters. The smallest absolute Gasteiger partial charge is 0.335 e. The number of hydrogen-bond acceptors (Lipinski definition) is 31. The van der Waals surface area contributed by atoms with E-state index < -0.39 is 75.8 Å². The van der Waals surface area contributed by atoms with E-state index in [0.29, 0.717) is 90.0 Å². The molecule has 0 aliphatic carbocycles. The number of halogens is 1. The number of rotatable bonds is 33. The van der Waals surface area contributed by atoms with Crippen LogP contribution in [0, 0.1) is 0 Å². The summed E-state index contributed by atoms with van der Waals surface area (Å²) >= 11 is 3.35. The maximum atomic E-state index is 12.3. The fourth-order valence-electron chi connectivity index (χ4n) is 12.2. The highest BCUT2D eigenvalue weighted by Crippen LogP contribution is 2.18. The number of ether oxygens (including phenoxy) is 5. The van der Waals surface area contributed by atoms with Gasteiger partial charge in [0.05, 0.1) is 45.7 Å². The van der Waals surface area contributed by atoms with E-state index in [2.05, 4.69) is 60.8 Å². The van der Waals surface area contributed by atoms with Gasteiger partial charge in [0, 0.05) is 193 Å². The fraction of sp³-hybridized carbons (Fsp3) is 0.768. The molecule has 0 unspecified atom stereocenters. The van der Waals surface area contributed by atoms with Gasteiger partial charge in [-0.25, -0.2) is 4.79 Å². The fourth-order valence-corrected chi connectivity index (χ4v) is 12.6. The van der Waals surface area contributed by atoms with Gasteiger partial charge in [-0.3, -0.25) is 106 Å². The highest BCUT2D eigenvalue weighted by atomic mass is 79.9. The van der Waals surface area contributed by atoms with Crippen molar-refractivity contribution in [3.05, 3.63) is 24.3 Å². The molecule has 0 aromatic rings. The van der Waals surface area contributed by atoms with Gasteiger partial charge in [-0.1, -0.05) is 22.4 Å². The number of nitrogens with zero attached hydrogens (tertiary/aromatic N) is 11. The number of esters is 5. The Morgan fingerprint density at radius 2 is 0.683 bits per heavy atom. The molecule has 6 rings (SSSR count). The second kappa shape index (κ2) is 56.1. The molecule has 0 saturated carbocycles. The second-order valence-corrected chi connectivity index (χ2v) is 35.5. The minimum atomic E-state index is -0.906. The van der Waals surface area contributed by atoms with Crippen LogP contribution in [0.3, 0.4) is 0 Å². The number of nitrogens with one attached hydrogen (secondary N) is 2. The number of hydrogen-bond donors (Lipinski definition) is 5. The first kappa shape index (κ1) is 108. The number of nitrogens with two attached hydrogens (primary N) is 1. The molecule has 0 radical (unpaired) electrons. The van der Waals surface area contributed by atoms with E-state index in [9.17, 15) is 71.9 Å². The van der Waals surface area contributed by atoms with Gasteiger partial charge >= 0.3 is 47.8 Å². The first-order valence-electron chi connectivity index (χ1n) is 41.7. The van der Waals surface area contributed by atoms with Crippen LogP contribution < -0.4 is 16.4 Å². The Balaban J connectivity index is 0.000000523. The molecule has 7 amide bonds. The summed E-state index contributed by atoms with van der Waals surface area (Å²) in [6.07, 6.45) is 11.7. The van der Waals surface area contributed by atoms with Crippen LogP contribution in [0.1, 0.15) is 181 Å². The van der Waals surface area contributed by atoms with Crippen LogP contribution in [0.2, 0.25) is 0 Å². The maximum Gasteiger partial charge on any atom is 0.335 e. The summed E-state index contributed by atoms with van der Waals surface area (Å²) in [4.78, 5) is 196. The molecule has 38 heteroatoms. The van der Waals surface area contributed by atoms with Crippen molar-refractivity contribution >= 4 is 105 Å². The van der Waals surface area contributed by atoms with E-state index in [-0.39, 0.29) is 119 Å². The van der Waals surface area contributed by atoms with E-state index >= 15 is 0 Å². The van der Waals surface area contributed by atoms with Crippen molar-refractivity contribution in [2.75, 3.05) is 202 Å². The molecule has 37 nitrogen and oxygen atoms in total. The normalized spacial score (nSPS) is 17.9. The quantitative estimate of drug-likeness (QED) is 0.0207. The number of amides is 7. The molecule has 4 saturated heterocycles. The molecule has 0 aromatic carbocycles. The van der Waals surface area contributed by atoms with Crippen LogP contribution in [0.4, 0.5) is 0 Å². The number of aliphatic carboxylic acids is 2. The van der Waals surface area contributed by atoms with Gasteiger partial charge < -0.3 is 64.9 Å². The molecule has 120 heavy (non-hydrogen) atoms. The van der Waals surface area contributed by atoms with Gasteiger partial charge in [0.25, 0.3) is 35.4 Å². The Kier molecular flexibility index (Phi) is 50.6. The minimum Gasteiger partial charge on any atom is -0.480 e. The predicted molar refractivity (Wildman–Crippen MR) is 450 cm³/mol. The lowest BCUT2D eigenvalue weighted by Gasteiger charge is -2.27. The Bertz CT molecular complexity index is 3190. The van der Waals surface area contributed by atoms with Gasteiger partial charge in [-0.05, 0) is 162 Å². The van der Waals surface area contributed by atoms with Crippen LogP contribution in [-0.2, 0) is 100 Å². The average molecular weight is 1770 g/mol. The van der Waals surface area contributed by atoms with Gasteiger partial charge in [-0.2, -0.15) is 0 Å². The zero-order valence-corrected chi connectivity index (χ0v) is 75.6. The SMILES string of the molecule is CC(C)(C)OC(=O)CCCCCBr.CC(C)(C)OC(=O)CN1CCN(CCCCN)CCN(CC(=O)OC(C)(C)C)CC1.CC(C)(C)OC(=O)CN1CCNCCN(CC(=O)OC(C)(C)C)CC1.O=C(CCN1C(=O)C=CC1=O)ON1C(=O)CCC1=O.O=C(O)CN1CCN(CCCCNC(=O)CCN2C(=O)C=CC2=O)CCN(CC(=O)O)CC1. The topological polar surface area (TPSA) is 438 Å². The van der Waals surface area contributed by atoms with Crippen LogP contribution in [-0.4, -0.2) is 383 Å². The van der Waals surface area contributed by atoms with Gasteiger partial charge in [0.2, 0.25) is 5.91 Å². The monoisotopic (exact) mass is 1770 g/mol. The zero-order chi connectivity index (χ0) is 90.4. The molecular formula is C82H141BrN14O23. The highest BCUT2D eigenvalue weighted by Gasteiger charge is 2.35. The Labute approximate surface area is 717 Å². The van der Waals surface area contributed by atoms with E-state index in [1.807, 2.05) is 114 Å². The molecule has 684 valence electrons. The van der Waals surface area contributed by atoms with Crippen LogP contribution in [0.5, 0.6) is 0 Å². The Morgan fingerprint density at radius 3 is 1.01 bits per heavy atom. The summed E-state index contributed by atoms with van der Waals surface area (Å²) < 4.78 is 27.0. The third-order valence-corrected chi connectivity index (χ3v) is 18.4. The van der Waals surface area contributed by atoms with Crippen molar-refractivity contribution in [2.45, 2.75) is 209 Å². The summed E-state index contributed by atoms with van der Waals surface area (Å²) in [6, 6.07) is 0. The van der Waals surface area contributed by atoms with Crippen LogP contribution in [0.15, 0.2) is 24.3 Å². The third kappa shape index (κ3) is 53.9. The number of alkyl halides is 1. The average Bonchev–Trinajstić information content (AvgIpc) is 2.39. The number of carboxylic acid groups (broad SMARTS) is 2. The number of hydroxylamine groups is 2. The standard InChI is InChI=1S/C22H44N4O4.C21H33N5O7.C18H35N3O4.C11H10N2O6.C10H19BrO2/c1-21(2,3)29-19(27)17-25-13-11-24(10-8-7-9-23)12-14-26(16-15-25)18-20(28)30-22(4,5)6;27-17(5-8-26-18(28)3-4-19(26)29)22-6-1-2-7-23-9-11-24(15-20(30)31)13-14-25(12-10-23)16-21(32)33;1-17(2,3)24-15(22)13-20-9-7-19-8-10-21(12-11-20)14-16(23)25-18(4,5)6;14-7-1-2-8(15)12(7)6-5-11(18)19-13-9(16)3-4-10(13)17;1-10(2,3)13-9(12)7-5-4-6-8-11/h7-18,23H2,1-6H3;3-4H,1-2,5-16H2,(H,22,27)(H,30,31)(H,32,33);19H,7-14H2,1-6H3;1-2H,3-6H2;4-8H2,1-3H3. The van der Waals surface area contributed by atoms with Gasteiger partial charge in [0.15, 0.2) is 0 Å². The van der Waals surface area contributed by atoms with Crippen molar-refractivity contribution in [2.24, 2.45) is 5.73 Å². The first-order chi connectivity index (χ1) is 56.0. The van der Waals surface area contributed by atoms with Crippen molar-refractivity contribution in [3.8, 4) is 0 Å². The molecule has 6 heterocycles. The summed E-state index contributed by atoms with van der Waals surface area (Å²) in [6.45, 7) is 44.8. The molecule has 0 aromatic heterocycles. The lowest BCUT2D eigenvalue weighted by molar-refractivity contribution is -0.197. The summed E-state index contributed by atoms with van der Waals surface area (Å²) in [5.74, 6) is -6.80. The second-order valence-electron chi connectivity index (χ2n) is 34.7. The van der Waals surface area contributed by atoms with E-state index in [1.54, 1.807) is 0 Å². The van der Waals surface area contributed by atoms with Crippen molar-refractivity contribution in [1.82, 2.24) is 64.7 Å². The predicted octanol–water partition coefficient (Wildman–Crippen LogP) is 2.68. The largest absolute Gasteiger partial charge is 0.480 e. The van der Waals surface area contributed by atoms with Crippen molar-refractivity contribution < 1.29 is 111 Å². The Morgan fingerprint density at radius 1 is 0.375 bits per heavy atom. The molecule has 6 N–H and O–H groups in total. The van der Waals surface area contributed by atoms with Crippen molar-refractivity contribution in [3.63, 3.8) is 0 Å². The molecule has 0 spiro atoms. The molecule has 6 aliphatic rings. The van der Waals surface area contributed by atoms with E-state index in [0.717, 1.165) is 138 Å². The summed E-state index contributed by atoms with van der Waals surface area (Å²) in [5, 5.41) is 25.8. The van der Waals surface area contributed by atoms with Gasteiger partial charge in [-0.15, -0.1) is 5.06 Å². The molecule has 4 fully saturated rings. The number of imide groups is 3. The van der Waals surface area contributed by atoms with Crippen molar-refractivity contribution in [1.29, 1.82) is 0 Å². The first-order valence-corrected chi connectivity index (χ1v) is 42.8. The van der Waals surface area contributed by atoms with E-state index in [4.69, 9.17) is 39.6 Å². The van der Waals surface area contributed by atoms with Crippen LogP contribution >= 0.6 is 15.9 Å². The summed E-state index contributed by atoms with van der Waals surface area (Å²) in [7, 11) is 0. The van der Waals surface area contributed by atoms with Gasteiger partial charge in [0.1, 0.15) is 28.0 Å². The third-order valence-electron chi connectivity index (χ3n) is 17.8. The molecule has 6 aliphatic heterocycles. The van der Waals surface area contributed by atoms with Crippen LogP contribution in [0.25, 0.3) is 0 Å². The van der Waals surface area contributed by atoms with E-state index in [1.165, 1.54) is 12.2 Å². The lowest BCUT2D eigenvalue weighted by Crippen LogP contribution is -2.42.